The van der Waals surface area contributed by atoms with Crippen LogP contribution in [-0.2, 0) is 0 Å². The molecular formula is C15H24N2O. The first-order valence-corrected chi connectivity index (χ1v) is 7.09. The molecule has 3 nitrogen and oxygen atoms in total. The average Bonchev–Trinajstić information content (AvgIpc) is 2.66. The van der Waals surface area contributed by atoms with Crippen molar-refractivity contribution in [2.75, 3.05) is 25.0 Å². The third kappa shape index (κ3) is 3.91. The highest BCUT2D eigenvalue weighted by Crippen LogP contribution is 2.26. The van der Waals surface area contributed by atoms with E-state index in [-0.39, 0.29) is 0 Å². The number of benzene rings is 1. The molecule has 1 unspecified atom stereocenters. The van der Waals surface area contributed by atoms with Crippen LogP contribution in [0.25, 0.3) is 0 Å². The Bertz CT molecular complexity index is 346. The Morgan fingerprint density at radius 2 is 2.17 bits per heavy atom. The van der Waals surface area contributed by atoms with E-state index in [4.69, 9.17) is 4.74 Å². The molecule has 0 amide bonds. The van der Waals surface area contributed by atoms with Crippen LogP contribution in [-0.4, -0.2) is 25.7 Å². The summed E-state index contributed by atoms with van der Waals surface area (Å²) in [6.07, 6.45) is 4.70. The van der Waals surface area contributed by atoms with E-state index in [2.05, 4.69) is 29.7 Å². The molecule has 1 aromatic rings. The molecule has 1 saturated heterocycles. The second-order valence-corrected chi connectivity index (χ2v) is 4.87. The first kappa shape index (κ1) is 13.2. The highest BCUT2D eigenvalue weighted by atomic mass is 16.5. The largest absolute Gasteiger partial charge is 0.491 e. The molecule has 1 aromatic carbocycles. The zero-order valence-electron chi connectivity index (χ0n) is 11.2. The number of para-hydroxylation sites is 2. The number of rotatable bonds is 5. The number of nitrogens with one attached hydrogen (secondary N) is 2. The molecule has 0 bridgehead atoms. The highest BCUT2D eigenvalue weighted by molar-refractivity contribution is 5.56. The molecule has 0 saturated carbocycles. The molecule has 1 aliphatic heterocycles. The van der Waals surface area contributed by atoms with Gasteiger partial charge in [-0.2, -0.15) is 0 Å². The summed E-state index contributed by atoms with van der Waals surface area (Å²) in [6.45, 7) is 5.17. The molecule has 1 fully saturated rings. The minimum atomic E-state index is 0.561. The van der Waals surface area contributed by atoms with E-state index >= 15 is 0 Å². The van der Waals surface area contributed by atoms with E-state index in [1.807, 2.05) is 12.1 Å². The Labute approximate surface area is 110 Å². The molecule has 0 aromatic heterocycles. The molecule has 1 atom stereocenters. The Balaban J connectivity index is 1.98. The number of ether oxygens (including phenoxy) is 1. The lowest BCUT2D eigenvalue weighted by molar-refractivity contribution is 0.318. The summed E-state index contributed by atoms with van der Waals surface area (Å²) < 4.78 is 5.78. The maximum absolute atomic E-state index is 5.78. The van der Waals surface area contributed by atoms with E-state index in [0.717, 1.165) is 37.6 Å². The van der Waals surface area contributed by atoms with Crippen LogP contribution >= 0.6 is 0 Å². The highest BCUT2D eigenvalue weighted by Gasteiger charge is 2.13. The number of hydrogen-bond donors (Lipinski definition) is 2. The topological polar surface area (TPSA) is 33.3 Å². The van der Waals surface area contributed by atoms with Crippen molar-refractivity contribution in [2.45, 2.75) is 38.6 Å². The Morgan fingerprint density at radius 3 is 3.06 bits per heavy atom. The summed E-state index contributed by atoms with van der Waals surface area (Å²) in [5.41, 5.74) is 1.14. The quantitative estimate of drug-likeness (QED) is 0.840. The van der Waals surface area contributed by atoms with Gasteiger partial charge < -0.3 is 15.4 Å². The number of hydrogen-bond acceptors (Lipinski definition) is 3. The summed E-state index contributed by atoms with van der Waals surface area (Å²) >= 11 is 0. The monoisotopic (exact) mass is 248 g/mol. The smallest absolute Gasteiger partial charge is 0.142 e. The summed E-state index contributed by atoms with van der Waals surface area (Å²) in [5.74, 6) is 0.983. The minimum absolute atomic E-state index is 0.561. The van der Waals surface area contributed by atoms with Crippen LogP contribution in [0.15, 0.2) is 24.3 Å². The van der Waals surface area contributed by atoms with Crippen molar-refractivity contribution in [2.24, 2.45) is 0 Å². The zero-order valence-corrected chi connectivity index (χ0v) is 11.2. The molecule has 3 heteroatoms. The lowest BCUT2D eigenvalue weighted by Gasteiger charge is -2.19. The van der Waals surface area contributed by atoms with Gasteiger partial charge in [0.1, 0.15) is 5.75 Å². The molecule has 2 rings (SSSR count). The van der Waals surface area contributed by atoms with Gasteiger partial charge in [-0.1, -0.05) is 19.1 Å². The maximum Gasteiger partial charge on any atom is 0.142 e. The van der Waals surface area contributed by atoms with E-state index in [1.54, 1.807) is 0 Å². The normalized spacial score (nSPS) is 20.2. The van der Waals surface area contributed by atoms with Gasteiger partial charge in [-0.15, -0.1) is 0 Å². The maximum atomic E-state index is 5.78. The second kappa shape index (κ2) is 7.27. The van der Waals surface area contributed by atoms with Crippen molar-refractivity contribution >= 4 is 5.69 Å². The van der Waals surface area contributed by atoms with Crippen molar-refractivity contribution in [1.29, 1.82) is 0 Å². The molecule has 1 aliphatic rings. The van der Waals surface area contributed by atoms with Crippen molar-refractivity contribution in [3.63, 3.8) is 0 Å². The second-order valence-electron chi connectivity index (χ2n) is 4.87. The van der Waals surface area contributed by atoms with Gasteiger partial charge in [-0.3, -0.25) is 0 Å². The molecule has 0 radical (unpaired) electrons. The molecule has 1 heterocycles. The third-order valence-electron chi connectivity index (χ3n) is 3.28. The van der Waals surface area contributed by atoms with Gasteiger partial charge in [0, 0.05) is 6.04 Å². The van der Waals surface area contributed by atoms with E-state index in [0.29, 0.717) is 6.04 Å². The molecule has 0 aliphatic carbocycles. The fourth-order valence-electron chi connectivity index (χ4n) is 2.31. The first-order chi connectivity index (χ1) is 8.90. The predicted octanol–water partition coefficient (Wildman–Crippen LogP) is 3.03. The van der Waals surface area contributed by atoms with E-state index < -0.39 is 0 Å². The van der Waals surface area contributed by atoms with Gasteiger partial charge in [-0.05, 0) is 50.9 Å². The van der Waals surface area contributed by atoms with Crippen molar-refractivity contribution in [1.82, 2.24) is 5.32 Å². The molecule has 2 N–H and O–H groups in total. The van der Waals surface area contributed by atoms with Gasteiger partial charge in [0.15, 0.2) is 0 Å². The zero-order chi connectivity index (χ0) is 12.6. The van der Waals surface area contributed by atoms with Crippen molar-refractivity contribution in [3.05, 3.63) is 24.3 Å². The van der Waals surface area contributed by atoms with Crippen LogP contribution in [0, 0.1) is 0 Å². The summed E-state index contributed by atoms with van der Waals surface area (Å²) in [4.78, 5) is 0. The summed E-state index contributed by atoms with van der Waals surface area (Å²) in [6, 6.07) is 8.82. The van der Waals surface area contributed by atoms with E-state index in [9.17, 15) is 0 Å². The summed E-state index contributed by atoms with van der Waals surface area (Å²) in [5, 5.41) is 7.07. The molecular weight excluding hydrogens is 224 g/mol. The Hall–Kier alpha value is -1.22. The van der Waals surface area contributed by atoms with Gasteiger partial charge >= 0.3 is 0 Å². The third-order valence-corrected chi connectivity index (χ3v) is 3.28. The van der Waals surface area contributed by atoms with Gasteiger partial charge in [-0.25, -0.2) is 0 Å². The fraction of sp³-hybridized carbons (Fsp3) is 0.600. The first-order valence-electron chi connectivity index (χ1n) is 7.09. The number of anilines is 1. The molecule has 100 valence electrons. The van der Waals surface area contributed by atoms with Crippen LogP contribution in [0.3, 0.4) is 0 Å². The molecule has 0 spiro atoms. The summed E-state index contributed by atoms with van der Waals surface area (Å²) in [7, 11) is 0. The van der Waals surface area contributed by atoms with Crippen LogP contribution in [0.4, 0.5) is 5.69 Å². The Morgan fingerprint density at radius 1 is 1.28 bits per heavy atom. The van der Waals surface area contributed by atoms with E-state index in [1.165, 1.54) is 19.3 Å². The minimum Gasteiger partial charge on any atom is -0.491 e. The van der Waals surface area contributed by atoms with Crippen LogP contribution < -0.4 is 15.4 Å². The Kier molecular flexibility index (Phi) is 5.34. The van der Waals surface area contributed by atoms with Crippen LogP contribution in [0.1, 0.15) is 32.6 Å². The van der Waals surface area contributed by atoms with Crippen molar-refractivity contribution in [3.8, 4) is 5.75 Å². The van der Waals surface area contributed by atoms with Gasteiger partial charge in [0.05, 0.1) is 12.3 Å². The molecule has 18 heavy (non-hydrogen) atoms. The lowest BCUT2D eigenvalue weighted by Crippen LogP contribution is -2.21. The average molecular weight is 248 g/mol. The van der Waals surface area contributed by atoms with Crippen LogP contribution in [0.5, 0.6) is 5.75 Å². The standard InChI is InChI=1S/C15H24N2O/c1-2-12-18-15-8-4-3-7-14(15)17-13-6-5-10-16-11-9-13/h3-4,7-8,13,16-17H,2,5-6,9-12H2,1H3. The van der Waals surface area contributed by atoms with Gasteiger partial charge in [0.2, 0.25) is 0 Å². The SMILES string of the molecule is CCCOc1ccccc1NC1CCCNCC1. The van der Waals surface area contributed by atoms with Crippen molar-refractivity contribution < 1.29 is 4.74 Å². The van der Waals surface area contributed by atoms with Crippen LogP contribution in [0.2, 0.25) is 0 Å². The predicted molar refractivity (Wildman–Crippen MR) is 76.4 cm³/mol. The fourth-order valence-corrected chi connectivity index (χ4v) is 2.31. The lowest BCUT2D eigenvalue weighted by atomic mass is 10.1. The van der Waals surface area contributed by atoms with Gasteiger partial charge in [0.25, 0.3) is 0 Å².